The molecule has 1 aromatic heterocycles. The first-order valence-electron chi connectivity index (χ1n) is 10.4. The second-order valence-corrected chi connectivity index (χ2v) is 7.19. The number of hydrogen-bond donors (Lipinski definition) is 5. The molecule has 0 aliphatic rings. The third-order valence-corrected chi connectivity index (χ3v) is 4.99. The first-order valence-corrected chi connectivity index (χ1v) is 10.4. The van der Waals surface area contributed by atoms with E-state index in [2.05, 4.69) is 21.2 Å². The molecule has 0 radical (unpaired) electrons. The minimum Gasteiger partial charge on any atom is -0.493 e. The van der Waals surface area contributed by atoms with Crippen LogP contribution >= 0.6 is 0 Å². The van der Waals surface area contributed by atoms with E-state index in [0.29, 0.717) is 34.1 Å². The van der Waals surface area contributed by atoms with Crippen LogP contribution in [-0.4, -0.2) is 44.0 Å². The molecule has 0 fully saturated rings. The van der Waals surface area contributed by atoms with E-state index in [0.717, 1.165) is 0 Å². The molecule has 6 N–H and O–H groups in total. The number of amides is 2. The van der Waals surface area contributed by atoms with Crippen LogP contribution < -0.4 is 36.1 Å². The Morgan fingerprint density at radius 1 is 0.943 bits per heavy atom. The van der Waals surface area contributed by atoms with Gasteiger partial charge in [0.2, 0.25) is 5.75 Å². The molecular weight excluding hydrogens is 452 g/mol. The quantitative estimate of drug-likeness (QED) is 0.177. The Labute approximate surface area is 202 Å². The van der Waals surface area contributed by atoms with Crippen LogP contribution in [0.25, 0.3) is 0 Å². The number of carbonyl (C=O) groups is 2. The highest BCUT2D eigenvalue weighted by Gasteiger charge is 2.25. The summed E-state index contributed by atoms with van der Waals surface area (Å²) < 4.78 is 16.2. The summed E-state index contributed by atoms with van der Waals surface area (Å²) in [5, 5.41) is 10.7. The van der Waals surface area contributed by atoms with E-state index in [9.17, 15) is 9.59 Å². The van der Waals surface area contributed by atoms with Crippen LogP contribution in [0.1, 0.15) is 27.7 Å². The zero-order valence-electron chi connectivity index (χ0n) is 19.4. The number of hydrazine groups is 1. The van der Waals surface area contributed by atoms with Crippen molar-refractivity contribution in [1.82, 2.24) is 15.8 Å². The van der Waals surface area contributed by atoms with Crippen molar-refractivity contribution in [2.45, 2.75) is 6.04 Å². The molecule has 0 saturated carbocycles. The number of rotatable bonds is 9. The van der Waals surface area contributed by atoms with Gasteiger partial charge in [0.15, 0.2) is 11.5 Å². The van der Waals surface area contributed by atoms with Gasteiger partial charge in [-0.15, -0.1) is 0 Å². The van der Waals surface area contributed by atoms with E-state index in [1.807, 2.05) is 0 Å². The summed E-state index contributed by atoms with van der Waals surface area (Å²) in [7, 11) is 4.42. The fourth-order valence-corrected chi connectivity index (χ4v) is 3.23. The summed E-state index contributed by atoms with van der Waals surface area (Å²) in [6.07, 6.45) is 1.47. The fraction of sp³-hybridized carbons (Fsp3) is 0.167. The highest BCUT2D eigenvalue weighted by Crippen LogP contribution is 2.40. The van der Waals surface area contributed by atoms with Gasteiger partial charge in [0.05, 0.1) is 21.3 Å². The summed E-state index contributed by atoms with van der Waals surface area (Å²) in [5.74, 6) is -0.149. The molecule has 2 amide bonds. The molecule has 11 nitrogen and oxygen atoms in total. The van der Waals surface area contributed by atoms with E-state index >= 15 is 0 Å². The molecule has 35 heavy (non-hydrogen) atoms. The number of pyridine rings is 1. The van der Waals surface area contributed by atoms with Crippen LogP contribution in [-0.2, 0) is 4.79 Å². The Morgan fingerprint density at radius 2 is 1.60 bits per heavy atom. The van der Waals surface area contributed by atoms with Crippen LogP contribution in [0, 0.1) is 5.41 Å². The second kappa shape index (κ2) is 11.4. The van der Waals surface area contributed by atoms with Crippen LogP contribution in [0.5, 0.6) is 17.2 Å². The third kappa shape index (κ3) is 5.96. The van der Waals surface area contributed by atoms with Gasteiger partial charge in [-0.3, -0.25) is 30.8 Å². The number of methoxy groups -OCH3 is 3. The smallest absolute Gasteiger partial charge is 0.288 e. The molecule has 11 heteroatoms. The summed E-state index contributed by atoms with van der Waals surface area (Å²) in [4.78, 5) is 29.6. The van der Waals surface area contributed by atoms with E-state index in [4.69, 9.17) is 25.4 Å². The van der Waals surface area contributed by atoms with Gasteiger partial charge >= 0.3 is 0 Å². The predicted molar refractivity (Wildman–Crippen MR) is 130 cm³/mol. The average molecular weight is 479 g/mol. The number of nitrogens with one attached hydrogen (secondary N) is 4. The topological polar surface area (TPSA) is 161 Å². The van der Waals surface area contributed by atoms with Gasteiger partial charge in [-0.2, -0.15) is 0 Å². The zero-order chi connectivity index (χ0) is 25.4. The number of nitrogen functional groups attached to an aromatic ring is 1. The maximum atomic E-state index is 13.2. The molecule has 0 spiro atoms. The molecule has 182 valence electrons. The summed E-state index contributed by atoms with van der Waals surface area (Å²) in [6, 6.07) is 13.8. The molecule has 1 heterocycles. The number of amidine groups is 1. The van der Waals surface area contributed by atoms with Gasteiger partial charge in [0.25, 0.3) is 11.8 Å². The number of nitrogens with two attached hydrogens (primary N) is 1. The lowest BCUT2D eigenvalue weighted by molar-refractivity contribution is -0.122. The lowest BCUT2D eigenvalue weighted by Gasteiger charge is -2.22. The number of nitrogens with zero attached hydrogens (tertiary/aromatic N) is 1. The molecule has 1 unspecified atom stereocenters. The molecule has 0 bridgehead atoms. The van der Waals surface area contributed by atoms with Gasteiger partial charge in [0, 0.05) is 17.4 Å². The Morgan fingerprint density at radius 3 is 2.11 bits per heavy atom. The molecular formula is C24H26N6O5. The van der Waals surface area contributed by atoms with Crippen molar-refractivity contribution in [2.75, 3.05) is 26.6 Å². The van der Waals surface area contributed by atoms with Crippen LogP contribution in [0.4, 0.5) is 5.69 Å². The largest absolute Gasteiger partial charge is 0.493 e. The molecule has 0 aliphatic carbocycles. The number of aromatic nitrogens is 1. The summed E-state index contributed by atoms with van der Waals surface area (Å²) in [6.45, 7) is 0. The Bertz CT molecular complexity index is 1180. The van der Waals surface area contributed by atoms with Crippen molar-refractivity contribution in [2.24, 2.45) is 5.73 Å². The van der Waals surface area contributed by atoms with Crippen LogP contribution in [0.3, 0.4) is 0 Å². The lowest BCUT2D eigenvalue weighted by atomic mass is 10.0. The molecule has 0 aliphatic heterocycles. The Kier molecular flexibility index (Phi) is 8.06. The van der Waals surface area contributed by atoms with Crippen molar-refractivity contribution in [3.05, 3.63) is 77.6 Å². The number of anilines is 1. The van der Waals surface area contributed by atoms with E-state index in [-0.39, 0.29) is 11.5 Å². The Balaban J connectivity index is 1.92. The maximum absolute atomic E-state index is 13.2. The zero-order valence-corrected chi connectivity index (χ0v) is 19.4. The lowest BCUT2D eigenvalue weighted by Crippen LogP contribution is -2.45. The van der Waals surface area contributed by atoms with Gasteiger partial charge in [-0.25, -0.2) is 0 Å². The van der Waals surface area contributed by atoms with Gasteiger partial charge < -0.3 is 25.3 Å². The monoisotopic (exact) mass is 478 g/mol. The van der Waals surface area contributed by atoms with Crippen molar-refractivity contribution in [1.29, 1.82) is 5.41 Å². The summed E-state index contributed by atoms with van der Waals surface area (Å²) >= 11 is 0. The standard InChI is InChI=1S/C24H26N6O5/c1-33-18-12-15(13-19(34-2)21(18)35-3)20(28-16-9-7-14(8-10-16)22(25)26)24(32)30-29-23(31)17-6-4-5-11-27-17/h4-13,20,28H,1-3H3,(H3,25,26)(H,29,31)(H,30,32). The normalized spacial score (nSPS) is 11.1. The number of benzene rings is 2. The Hall–Kier alpha value is -4.80. The van der Waals surface area contributed by atoms with E-state index in [1.54, 1.807) is 48.5 Å². The van der Waals surface area contributed by atoms with E-state index in [1.165, 1.54) is 33.6 Å². The van der Waals surface area contributed by atoms with Crippen molar-refractivity contribution >= 4 is 23.3 Å². The molecule has 3 rings (SSSR count). The molecule has 0 saturated heterocycles. The average Bonchev–Trinajstić information content (AvgIpc) is 2.89. The minimum atomic E-state index is -0.990. The number of hydrogen-bond acceptors (Lipinski definition) is 8. The van der Waals surface area contributed by atoms with Crippen molar-refractivity contribution in [3.8, 4) is 17.2 Å². The maximum Gasteiger partial charge on any atom is 0.288 e. The molecule has 2 aromatic carbocycles. The van der Waals surface area contributed by atoms with E-state index < -0.39 is 17.9 Å². The first-order chi connectivity index (χ1) is 16.9. The predicted octanol–water partition coefficient (Wildman–Crippen LogP) is 2.01. The third-order valence-electron chi connectivity index (χ3n) is 4.99. The van der Waals surface area contributed by atoms with Crippen molar-refractivity contribution < 1.29 is 23.8 Å². The van der Waals surface area contributed by atoms with Crippen molar-refractivity contribution in [3.63, 3.8) is 0 Å². The summed E-state index contributed by atoms with van der Waals surface area (Å²) in [5.41, 5.74) is 12.0. The first kappa shape index (κ1) is 24.8. The highest BCUT2D eigenvalue weighted by molar-refractivity contribution is 5.96. The highest BCUT2D eigenvalue weighted by atomic mass is 16.5. The number of carbonyl (C=O) groups excluding carboxylic acids is 2. The molecule has 1 atom stereocenters. The number of ether oxygens (including phenoxy) is 3. The SMILES string of the molecule is COc1cc(C(Nc2ccc(C(=N)N)cc2)C(=O)NNC(=O)c2ccccn2)cc(OC)c1OC. The molecule has 3 aromatic rings. The van der Waals surface area contributed by atoms with Gasteiger partial charge in [-0.1, -0.05) is 6.07 Å². The van der Waals surface area contributed by atoms with Crippen LogP contribution in [0.2, 0.25) is 0 Å². The van der Waals surface area contributed by atoms with Gasteiger partial charge in [0.1, 0.15) is 17.6 Å². The second-order valence-electron chi connectivity index (χ2n) is 7.19. The van der Waals surface area contributed by atoms with Gasteiger partial charge in [-0.05, 0) is 54.1 Å². The minimum absolute atomic E-state index is 0.0762. The van der Waals surface area contributed by atoms with Crippen LogP contribution in [0.15, 0.2) is 60.8 Å². The fourth-order valence-electron chi connectivity index (χ4n) is 3.23.